The Morgan fingerprint density at radius 2 is 1.57 bits per heavy atom. The standard InChI is InChI=1S/C11H5F7O3/c12-7(10(14,15)11(16,17)18)8(13)21-6-4-2-1-3-5(6)9(19)20/h1-4H,(H,19,20). The van der Waals surface area contributed by atoms with Crippen LogP contribution in [0.25, 0.3) is 0 Å². The molecule has 3 nitrogen and oxygen atoms in total. The molecule has 1 N–H and O–H groups in total. The van der Waals surface area contributed by atoms with E-state index < -0.39 is 41.2 Å². The first kappa shape index (κ1) is 16.8. The summed E-state index contributed by atoms with van der Waals surface area (Å²) in [5.41, 5.74) is -0.754. The van der Waals surface area contributed by atoms with Crippen molar-refractivity contribution >= 4 is 5.97 Å². The Bertz CT molecular complexity index is 577. The highest BCUT2D eigenvalue weighted by Gasteiger charge is 2.63. The van der Waals surface area contributed by atoms with Crippen molar-refractivity contribution in [2.24, 2.45) is 0 Å². The lowest BCUT2D eigenvalue weighted by Gasteiger charge is -2.18. The minimum Gasteiger partial charge on any atom is -0.478 e. The van der Waals surface area contributed by atoms with Gasteiger partial charge in [0, 0.05) is 0 Å². The van der Waals surface area contributed by atoms with Crippen LogP contribution in [0.1, 0.15) is 10.4 Å². The summed E-state index contributed by atoms with van der Waals surface area (Å²) in [6.07, 6.45) is -6.37. The van der Waals surface area contributed by atoms with Crippen LogP contribution >= 0.6 is 0 Å². The summed E-state index contributed by atoms with van der Waals surface area (Å²) in [5.74, 6) is -12.2. The van der Waals surface area contributed by atoms with Crippen LogP contribution in [0.2, 0.25) is 0 Å². The Labute approximate surface area is 112 Å². The van der Waals surface area contributed by atoms with Crippen LogP contribution in [0.3, 0.4) is 0 Å². The van der Waals surface area contributed by atoms with Gasteiger partial charge in [-0.25, -0.2) is 4.79 Å². The molecule has 0 amide bonds. The highest BCUT2D eigenvalue weighted by Crippen LogP contribution is 2.43. The summed E-state index contributed by atoms with van der Waals surface area (Å²) in [4.78, 5) is 10.7. The van der Waals surface area contributed by atoms with E-state index in [1.165, 1.54) is 0 Å². The summed E-state index contributed by atoms with van der Waals surface area (Å²) in [6, 6.07) is 0.950. The van der Waals surface area contributed by atoms with Gasteiger partial charge in [0.05, 0.1) is 0 Å². The Morgan fingerprint density at radius 3 is 2.05 bits per heavy atom. The molecule has 1 rings (SSSR count). The van der Waals surface area contributed by atoms with Gasteiger partial charge in [0.1, 0.15) is 11.3 Å². The molecule has 0 atom stereocenters. The monoisotopic (exact) mass is 318 g/mol. The van der Waals surface area contributed by atoms with Gasteiger partial charge < -0.3 is 9.84 Å². The summed E-state index contributed by atoms with van der Waals surface area (Å²) in [7, 11) is 0. The fourth-order valence-electron chi connectivity index (χ4n) is 1.12. The van der Waals surface area contributed by atoms with Crippen LogP contribution in [-0.2, 0) is 0 Å². The Kier molecular flexibility index (Phi) is 4.49. The van der Waals surface area contributed by atoms with Gasteiger partial charge in [-0.2, -0.15) is 30.7 Å². The van der Waals surface area contributed by atoms with Gasteiger partial charge in [-0.3, -0.25) is 0 Å². The number of alkyl halides is 5. The highest BCUT2D eigenvalue weighted by molar-refractivity contribution is 5.90. The van der Waals surface area contributed by atoms with Crippen molar-refractivity contribution in [2.75, 3.05) is 0 Å². The summed E-state index contributed by atoms with van der Waals surface area (Å²) in [6.45, 7) is 0. The number of allylic oxidation sites excluding steroid dienone is 1. The van der Waals surface area contributed by atoms with E-state index in [-0.39, 0.29) is 0 Å². The van der Waals surface area contributed by atoms with Crippen LogP contribution in [0.5, 0.6) is 5.75 Å². The molecule has 0 heterocycles. The van der Waals surface area contributed by atoms with Gasteiger partial charge in [0.15, 0.2) is 0 Å². The van der Waals surface area contributed by atoms with Gasteiger partial charge in [0.2, 0.25) is 0 Å². The lowest BCUT2D eigenvalue weighted by Crippen LogP contribution is -2.37. The third kappa shape index (κ3) is 3.44. The van der Waals surface area contributed by atoms with Gasteiger partial charge in [0.25, 0.3) is 5.83 Å². The van der Waals surface area contributed by atoms with Crippen LogP contribution in [0.15, 0.2) is 36.1 Å². The van der Waals surface area contributed by atoms with Crippen molar-refractivity contribution in [1.82, 2.24) is 0 Å². The molecular formula is C11H5F7O3. The number of carboxylic acid groups (broad SMARTS) is 1. The zero-order valence-corrected chi connectivity index (χ0v) is 9.72. The fourth-order valence-corrected chi connectivity index (χ4v) is 1.12. The number of para-hydroxylation sites is 1. The molecule has 1 aromatic carbocycles. The van der Waals surface area contributed by atoms with Crippen molar-refractivity contribution < 1.29 is 45.4 Å². The summed E-state index contributed by atoms with van der Waals surface area (Å²) in [5, 5.41) is 8.67. The van der Waals surface area contributed by atoms with Gasteiger partial charge >= 0.3 is 24.1 Å². The van der Waals surface area contributed by atoms with Gasteiger partial charge in [-0.15, -0.1) is 0 Å². The first-order valence-corrected chi connectivity index (χ1v) is 4.99. The fraction of sp³-hybridized carbons (Fsp3) is 0.182. The number of benzene rings is 1. The molecule has 0 saturated carbocycles. The average Bonchev–Trinajstić information content (AvgIpc) is 2.36. The number of rotatable bonds is 4. The maximum absolute atomic E-state index is 13.1. The summed E-state index contributed by atoms with van der Waals surface area (Å²) >= 11 is 0. The third-order valence-corrected chi connectivity index (χ3v) is 2.12. The molecule has 0 radical (unpaired) electrons. The average molecular weight is 318 g/mol. The maximum Gasteiger partial charge on any atom is 0.460 e. The smallest absolute Gasteiger partial charge is 0.460 e. The van der Waals surface area contributed by atoms with E-state index in [1.54, 1.807) is 0 Å². The Hall–Kier alpha value is -2.26. The van der Waals surface area contributed by atoms with Crippen molar-refractivity contribution in [3.63, 3.8) is 0 Å². The van der Waals surface area contributed by atoms with Crippen molar-refractivity contribution in [1.29, 1.82) is 0 Å². The quantitative estimate of drug-likeness (QED) is 0.672. The van der Waals surface area contributed by atoms with Crippen molar-refractivity contribution in [2.45, 2.75) is 12.1 Å². The lowest BCUT2D eigenvalue weighted by molar-refractivity contribution is -0.272. The van der Waals surface area contributed by atoms with Gasteiger partial charge in [-0.05, 0) is 12.1 Å². The number of halogens is 7. The molecule has 0 aliphatic carbocycles. The molecule has 0 aromatic heterocycles. The van der Waals surface area contributed by atoms with E-state index >= 15 is 0 Å². The molecule has 21 heavy (non-hydrogen) atoms. The second-order valence-electron chi connectivity index (χ2n) is 3.56. The second kappa shape index (κ2) is 5.62. The van der Waals surface area contributed by atoms with E-state index in [4.69, 9.17) is 5.11 Å². The molecular weight excluding hydrogens is 313 g/mol. The molecule has 1 aromatic rings. The molecule has 0 fully saturated rings. The minimum absolute atomic E-state index is 0.752. The van der Waals surface area contributed by atoms with Crippen LogP contribution in [0.4, 0.5) is 30.7 Å². The largest absolute Gasteiger partial charge is 0.478 e. The van der Waals surface area contributed by atoms with Crippen LogP contribution in [0, 0.1) is 0 Å². The Morgan fingerprint density at radius 1 is 1.05 bits per heavy atom. The number of hydrogen-bond donors (Lipinski definition) is 1. The molecule has 0 bridgehead atoms. The molecule has 0 spiro atoms. The first-order valence-electron chi connectivity index (χ1n) is 4.99. The second-order valence-corrected chi connectivity index (χ2v) is 3.56. The third-order valence-electron chi connectivity index (χ3n) is 2.12. The van der Waals surface area contributed by atoms with E-state index in [0.717, 1.165) is 24.3 Å². The molecule has 0 aliphatic rings. The van der Waals surface area contributed by atoms with Crippen LogP contribution < -0.4 is 4.74 Å². The molecule has 116 valence electrons. The topological polar surface area (TPSA) is 46.5 Å². The first-order chi connectivity index (χ1) is 9.48. The number of carbonyl (C=O) groups is 1. The molecule has 0 aliphatic heterocycles. The van der Waals surface area contributed by atoms with Gasteiger partial charge in [-0.1, -0.05) is 12.1 Å². The lowest BCUT2D eigenvalue weighted by atomic mass is 10.2. The number of ether oxygens (including phenoxy) is 1. The van der Waals surface area contributed by atoms with E-state index in [0.29, 0.717) is 0 Å². The predicted molar refractivity (Wildman–Crippen MR) is 54.3 cm³/mol. The highest BCUT2D eigenvalue weighted by atomic mass is 19.4. The predicted octanol–water partition coefficient (Wildman–Crippen LogP) is 4.07. The SMILES string of the molecule is O=C(O)c1ccccc1OC(F)=C(F)C(F)(F)C(F)(F)F. The molecule has 10 heteroatoms. The van der Waals surface area contributed by atoms with Crippen molar-refractivity contribution in [3.8, 4) is 5.75 Å². The molecule has 0 saturated heterocycles. The maximum atomic E-state index is 13.1. The zero-order chi connectivity index (χ0) is 16.4. The zero-order valence-electron chi connectivity index (χ0n) is 9.72. The Balaban J connectivity index is 3.19. The normalized spacial score (nSPS) is 13.7. The van der Waals surface area contributed by atoms with E-state index in [1.807, 2.05) is 0 Å². The van der Waals surface area contributed by atoms with E-state index in [2.05, 4.69) is 4.74 Å². The summed E-state index contributed by atoms with van der Waals surface area (Å²) < 4.78 is 90.4. The number of aromatic carboxylic acids is 1. The number of carboxylic acids is 1. The van der Waals surface area contributed by atoms with Crippen molar-refractivity contribution in [3.05, 3.63) is 41.7 Å². The van der Waals surface area contributed by atoms with Crippen LogP contribution in [-0.4, -0.2) is 23.2 Å². The molecule has 0 unspecified atom stereocenters. The number of hydrogen-bond acceptors (Lipinski definition) is 2. The van der Waals surface area contributed by atoms with E-state index in [9.17, 15) is 35.5 Å². The minimum atomic E-state index is -6.37.